The van der Waals surface area contributed by atoms with Gasteiger partial charge in [-0.25, -0.2) is 14.4 Å². The van der Waals surface area contributed by atoms with E-state index in [1.165, 1.54) is 23.6 Å². The molecule has 2 heterocycles. The van der Waals surface area contributed by atoms with Crippen molar-refractivity contribution in [2.45, 2.75) is 17.8 Å². The molecule has 7 heteroatoms. The summed E-state index contributed by atoms with van der Waals surface area (Å²) in [7, 11) is 0. The number of halogens is 1. The maximum Gasteiger partial charge on any atom is 0.222 e. The van der Waals surface area contributed by atoms with Crippen molar-refractivity contribution in [3.63, 3.8) is 0 Å². The molecule has 94 valence electrons. The Morgan fingerprint density at radius 2 is 2.44 bits per heavy atom. The van der Waals surface area contributed by atoms with Crippen molar-refractivity contribution in [3.8, 4) is 0 Å². The van der Waals surface area contributed by atoms with Crippen LogP contribution in [0.3, 0.4) is 0 Å². The number of anilines is 1. The van der Waals surface area contributed by atoms with Crippen molar-refractivity contribution < 1.29 is 9.18 Å². The smallest absolute Gasteiger partial charge is 0.222 e. The summed E-state index contributed by atoms with van der Waals surface area (Å²) in [4.78, 5) is 19.9. The molecule has 0 saturated carbocycles. The van der Waals surface area contributed by atoms with Crippen LogP contribution in [0.15, 0.2) is 28.9 Å². The van der Waals surface area contributed by atoms with Gasteiger partial charge in [0.05, 0.1) is 6.20 Å². The fraction of sp³-hybridized carbons (Fsp3) is 0.182. The normalized spacial score (nSPS) is 10.3. The molecule has 0 aliphatic heterocycles. The minimum absolute atomic E-state index is 0.0776. The summed E-state index contributed by atoms with van der Waals surface area (Å²) >= 11 is 3.04. The Morgan fingerprint density at radius 3 is 3.11 bits per heavy atom. The summed E-state index contributed by atoms with van der Waals surface area (Å²) in [6.07, 6.45) is 1.06. The van der Waals surface area contributed by atoms with E-state index in [-0.39, 0.29) is 11.7 Å². The Morgan fingerprint density at radius 1 is 1.61 bits per heavy atom. The number of nitrogens with zero attached hydrogens (tertiary/aromatic N) is 2. The SMILES string of the molecule is CC(=O)Nc1nc(SCc2cccs2)ncc1F. The number of thioether (sulfide) groups is 1. The number of amides is 1. The third-order valence-corrected chi connectivity index (χ3v) is 3.91. The van der Waals surface area contributed by atoms with Crippen molar-refractivity contribution in [2.24, 2.45) is 0 Å². The van der Waals surface area contributed by atoms with Gasteiger partial charge < -0.3 is 5.32 Å². The molecule has 0 saturated heterocycles. The lowest BCUT2D eigenvalue weighted by atomic mass is 10.5. The number of carbonyl (C=O) groups is 1. The molecule has 0 atom stereocenters. The van der Waals surface area contributed by atoms with E-state index >= 15 is 0 Å². The zero-order valence-corrected chi connectivity index (χ0v) is 11.1. The molecule has 2 aromatic rings. The van der Waals surface area contributed by atoms with Gasteiger partial charge in [-0.1, -0.05) is 17.8 Å². The summed E-state index contributed by atoms with van der Waals surface area (Å²) in [6, 6.07) is 3.98. The Kier molecular flexibility index (Phi) is 4.27. The van der Waals surface area contributed by atoms with Crippen molar-refractivity contribution >= 4 is 34.8 Å². The molecule has 18 heavy (non-hydrogen) atoms. The van der Waals surface area contributed by atoms with E-state index in [1.54, 1.807) is 11.3 Å². The van der Waals surface area contributed by atoms with Crippen LogP contribution in [0.2, 0.25) is 0 Å². The molecule has 0 unspecified atom stereocenters. The van der Waals surface area contributed by atoms with Gasteiger partial charge in [-0.05, 0) is 11.4 Å². The van der Waals surface area contributed by atoms with Gasteiger partial charge in [-0.3, -0.25) is 4.79 Å². The molecule has 1 N–H and O–H groups in total. The number of hydrogen-bond donors (Lipinski definition) is 1. The second-order valence-electron chi connectivity index (χ2n) is 3.40. The van der Waals surface area contributed by atoms with Gasteiger partial charge in [0, 0.05) is 17.6 Å². The van der Waals surface area contributed by atoms with E-state index in [0.29, 0.717) is 5.16 Å². The van der Waals surface area contributed by atoms with E-state index in [9.17, 15) is 9.18 Å². The van der Waals surface area contributed by atoms with Gasteiger partial charge in [0.2, 0.25) is 5.91 Å². The van der Waals surface area contributed by atoms with Crippen LogP contribution in [-0.2, 0) is 10.5 Å². The molecule has 0 bridgehead atoms. The molecule has 0 aromatic carbocycles. The molecule has 2 rings (SSSR count). The predicted octanol–water partition coefficient (Wildman–Crippen LogP) is 2.93. The highest BCUT2D eigenvalue weighted by Gasteiger charge is 2.09. The van der Waals surface area contributed by atoms with Crippen molar-refractivity contribution in [1.29, 1.82) is 0 Å². The average Bonchev–Trinajstić information content (AvgIpc) is 2.82. The Balaban J connectivity index is 2.06. The summed E-state index contributed by atoms with van der Waals surface area (Å²) in [5.41, 5.74) is 0. The van der Waals surface area contributed by atoms with Gasteiger partial charge in [0.25, 0.3) is 0 Å². The summed E-state index contributed by atoms with van der Waals surface area (Å²) in [6.45, 7) is 1.31. The first-order chi connectivity index (χ1) is 8.65. The van der Waals surface area contributed by atoms with E-state index < -0.39 is 5.82 Å². The van der Waals surface area contributed by atoms with Gasteiger partial charge in [-0.2, -0.15) is 0 Å². The number of hydrogen-bond acceptors (Lipinski definition) is 5. The fourth-order valence-corrected chi connectivity index (χ4v) is 2.79. The van der Waals surface area contributed by atoms with E-state index in [1.807, 2.05) is 17.5 Å². The van der Waals surface area contributed by atoms with Crippen molar-refractivity contribution in [1.82, 2.24) is 9.97 Å². The lowest BCUT2D eigenvalue weighted by molar-refractivity contribution is -0.114. The monoisotopic (exact) mass is 283 g/mol. The molecular formula is C11H10FN3OS2. The number of nitrogens with one attached hydrogen (secondary N) is 1. The van der Waals surface area contributed by atoms with E-state index in [0.717, 1.165) is 11.9 Å². The minimum Gasteiger partial charge on any atom is -0.308 e. The predicted molar refractivity (Wildman–Crippen MR) is 70.2 cm³/mol. The first kappa shape index (κ1) is 13.0. The van der Waals surface area contributed by atoms with Crippen LogP contribution >= 0.6 is 23.1 Å². The second-order valence-corrected chi connectivity index (χ2v) is 5.37. The molecule has 4 nitrogen and oxygen atoms in total. The molecule has 0 aliphatic carbocycles. The summed E-state index contributed by atoms with van der Waals surface area (Å²) < 4.78 is 13.3. The zero-order chi connectivity index (χ0) is 13.0. The van der Waals surface area contributed by atoms with Crippen LogP contribution in [0, 0.1) is 5.82 Å². The van der Waals surface area contributed by atoms with Crippen LogP contribution in [0.25, 0.3) is 0 Å². The molecular weight excluding hydrogens is 273 g/mol. The van der Waals surface area contributed by atoms with E-state index in [2.05, 4.69) is 15.3 Å². The topological polar surface area (TPSA) is 54.9 Å². The Bertz CT molecular complexity index is 545. The van der Waals surface area contributed by atoms with Gasteiger partial charge in [-0.15, -0.1) is 11.3 Å². The van der Waals surface area contributed by atoms with Gasteiger partial charge in [0.15, 0.2) is 16.8 Å². The summed E-state index contributed by atoms with van der Waals surface area (Å²) in [5.74, 6) is -0.346. The van der Waals surface area contributed by atoms with Crippen LogP contribution in [0.1, 0.15) is 11.8 Å². The lowest BCUT2D eigenvalue weighted by Gasteiger charge is -2.04. The minimum atomic E-state index is -0.634. The highest BCUT2D eigenvalue weighted by molar-refractivity contribution is 7.98. The Hall–Kier alpha value is -1.47. The largest absolute Gasteiger partial charge is 0.308 e. The maximum atomic E-state index is 13.3. The third kappa shape index (κ3) is 3.51. The average molecular weight is 283 g/mol. The third-order valence-electron chi connectivity index (χ3n) is 1.94. The molecule has 0 fully saturated rings. The first-order valence-corrected chi connectivity index (χ1v) is 6.97. The summed E-state index contributed by atoms with van der Waals surface area (Å²) in [5, 5.41) is 4.76. The molecule has 0 aliphatic rings. The highest BCUT2D eigenvalue weighted by atomic mass is 32.2. The highest BCUT2D eigenvalue weighted by Crippen LogP contribution is 2.23. The zero-order valence-electron chi connectivity index (χ0n) is 9.51. The van der Waals surface area contributed by atoms with Crippen LogP contribution < -0.4 is 5.32 Å². The number of thiophene rings is 1. The van der Waals surface area contributed by atoms with Crippen LogP contribution in [0.4, 0.5) is 10.2 Å². The first-order valence-electron chi connectivity index (χ1n) is 5.10. The number of aromatic nitrogens is 2. The maximum absolute atomic E-state index is 13.3. The number of carbonyl (C=O) groups excluding carboxylic acids is 1. The van der Waals surface area contributed by atoms with Gasteiger partial charge in [0.1, 0.15) is 0 Å². The number of rotatable bonds is 4. The van der Waals surface area contributed by atoms with E-state index in [4.69, 9.17) is 0 Å². The van der Waals surface area contributed by atoms with Crippen molar-refractivity contribution in [2.75, 3.05) is 5.32 Å². The molecule has 0 spiro atoms. The lowest BCUT2D eigenvalue weighted by Crippen LogP contribution is -2.10. The van der Waals surface area contributed by atoms with Crippen LogP contribution in [0.5, 0.6) is 0 Å². The standard InChI is InChI=1S/C11H10FN3OS2/c1-7(16)14-10-9(12)5-13-11(15-10)18-6-8-3-2-4-17-8/h2-5H,6H2,1H3,(H,13,14,15,16). The molecule has 2 aromatic heterocycles. The Labute approximate surface area is 112 Å². The second kappa shape index (κ2) is 5.92. The van der Waals surface area contributed by atoms with Crippen LogP contribution in [-0.4, -0.2) is 15.9 Å². The fourth-order valence-electron chi connectivity index (χ4n) is 1.21. The molecule has 1 amide bonds. The molecule has 0 radical (unpaired) electrons. The quantitative estimate of drug-likeness (QED) is 0.692. The van der Waals surface area contributed by atoms with Crippen molar-refractivity contribution in [3.05, 3.63) is 34.4 Å². The van der Waals surface area contributed by atoms with Gasteiger partial charge >= 0.3 is 0 Å².